The van der Waals surface area contributed by atoms with E-state index in [1.807, 2.05) is 37.3 Å². The van der Waals surface area contributed by atoms with Gasteiger partial charge in [0.1, 0.15) is 0 Å². The zero-order chi connectivity index (χ0) is 29.2. The Labute approximate surface area is 246 Å². The number of Topliss-reactive ketones (excluding diaryl/α,β-unsaturated/α-hetero) is 2. The normalized spacial score (nSPS) is 14.2. The number of rotatable bonds is 14. The zero-order valence-electron chi connectivity index (χ0n) is 24.9. The van der Waals surface area contributed by atoms with Gasteiger partial charge in [-0.2, -0.15) is 0 Å². The maximum absolute atomic E-state index is 14.2. The summed E-state index contributed by atoms with van der Waals surface area (Å²) in [6.45, 7) is 12.4. The summed E-state index contributed by atoms with van der Waals surface area (Å²) in [5.41, 5.74) is 5.19. The first-order chi connectivity index (χ1) is 19.1. The van der Waals surface area contributed by atoms with Gasteiger partial charge in [-0.15, -0.1) is 0 Å². The quantitative estimate of drug-likeness (QED) is 0.112. The Bertz CT molecular complexity index is 1290. The Morgan fingerprint density at radius 3 is 2.17 bits per heavy atom. The van der Waals surface area contributed by atoms with Crippen molar-refractivity contribution in [2.75, 3.05) is 0 Å². The lowest BCUT2D eigenvalue weighted by Crippen LogP contribution is -2.37. The van der Waals surface area contributed by atoms with Gasteiger partial charge in [-0.25, -0.2) is 0 Å². The second kappa shape index (κ2) is 15.1. The molecule has 0 heterocycles. The molecule has 4 heteroatoms. The highest BCUT2D eigenvalue weighted by Crippen LogP contribution is 2.36. The Balaban J connectivity index is 2.20. The molecule has 0 N–H and O–H groups in total. The number of nitrogens with zero attached hydrogens (tertiary/aromatic N) is 1. The van der Waals surface area contributed by atoms with E-state index in [2.05, 4.69) is 52.0 Å². The van der Waals surface area contributed by atoms with Crippen LogP contribution in [0.3, 0.4) is 0 Å². The van der Waals surface area contributed by atoms with Crippen LogP contribution in [0.4, 0.5) is 5.69 Å². The van der Waals surface area contributed by atoms with E-state index in [1.165, 1.54) is 5.56 Å². The molecule has 3 unspecified atom stereocenters. The molecule has 0 saturated carbocycles. The number of aryl methyl sites for hydroxylation is 1. The maximum Gasteiger partial charge on any atom is 0.166 e. The van der Waals surface area contributed by atoms with Crippen LogP contribution in [0.2, 0.25) is 5.02 Å². The lowest BCUT2D eigenvalue weighted by Gasteiger charge is -2.34. The maximum atomic E-state index is 14.2. The van der Waals surface area contributed by atoms with Gasteiger partial charge < -0.3 is 0 Å². The van der Waals surface area contributed by atoms with E-state index in [4.69, 9.17) is 16.6 Å². The summed E-state index contributed by atoms with van der Waals surface area (Å²) in [5, 5.41) is 0.537. The molecule has 0 aromatic heterocycles. The minimum atomic E-state index is -0.216. The molecule has 0 aliphatic heterocycles. The molecule has 3 rings (SSSR count). The second-order valence-electron chi connectivity index (χ2n) is 11.4. The number of benzene rings is 3. The van der Waals surface area contributed by atoms with Crippen molar-refractivity contribution in [2.45, 2.75) is 73.6 Å². The topological polar surface area (TPSA) is 46.5 Å². The average molecular weight is 558 g/mol. The molecule has 3 aromatic rings. The highest BCUT2D eigenvalue weighted by Gasteiger charge is 2.36. The van der Waals surface area contributed by atoms with Crippen molar-refractivity contribution in [1.29, 1.82) is 0 Å². The van der Waals surface area contributed by atoms with Crippen molar-refractivity contribution >= 4 is 34.6 Å². The summed E-state index contributed by atoms with van der Waals surface area (Å²) in [5.74, 6) is 0.0227. The number of hydrogen-bond donors (Lipinski definition) is 0. The molecule has 0 fully saturated rings. The molecule has 0 radical (unpaired) electrons. The van der Waals surface area contributed by atoms with E-state index in [0.29, 0.717) is 16.3 Å². The summed E-state index contributed by atoms with van der Waals surface area (Å²) in [4.78, 5) is 32.1. The van der Waals surface area contributed by atoms with E-state index in [1.54, 1.807) is 25.1 Å². The number of aliphatic imine (C=N–C) groups is 1. The minimum absolute atomic E-state index is 0.0492. The van der Waals surface area contributed by atoms with E-state index in [9.17, 15) is 9.59 Å². The molecule has 0 bridgehead atoms. The van der Waals surface area contributed by atoms with E-state index in [-0.39, 0.29) is 35.2 Å². The molecule has 212 valence electrons. The summed E-state index contributed by atoms with van der Waals surface area (Å²) in [6, 6.07) is 23.6. The van der Waals surface area contributed by atoms with Gasteiger partial charge in [0.2, 0.25) is 0 Å². The van der Waals surface area contributed by atoms with Crippen molar-refractivity contribution < 1.29 is 9.59 Å². The molecule has 0 aliphatic carbocycles. The first kappa shape index (κ1) is 31.5. The van der Waals surface area contributed by atoms with Crippen LogP contribution >= 0.6 is 11.6 Å². The number of hydrogen-bond acceptors (Lipinski definition) is 3. The van der Waals surface area contributed by atoms with Crippen LogP contribution < -0.4 is 0 Å². The molecule has 3 atom stereocenters. The fourth-order valence-corrected chi connectivity index (χ4v) is 5.82. The van der Waals surface area contributed by atoms with Crippen molar-refractivity contribution in [3.05, 3.63) is 100 Å². The van der Waals surface area contributed by atoms with Crippen LogP contribution in [0, 0.1) is 30.6 Å². The van der Waals surface area contributed by atoms with E-state index in [0.717, 1.165) is 48.9 Å². The van der Waals surface area contributed by atoms with Gasteiger partial charge in [0.15, 0.2) is 11.6 Å². The molecule has 3 nitrogen and oxygen atoms in total. The molecule has 0 amide bonds. The Morgan fingerprint density at radius 2 is 1.57 bits per heavy atom. The SMILES string of the molecule is CCCCCC(C(=O)c1ccc(C)cc1)C(C(=Nc1cc(Cl)ccc1C(C)=O)C(C)Cc1ccccc1)C(C)C. The van der Waals surface area contributed by atoms with Crippen LogP contribution in [0.1, 0.15) is 92.1 Å². The third-order valence-corrected chi connectivity index (χ3v) is 8.00. The van der Waals surface area contributed by atoms with Crippen LogP contribution in [0.25, 0.3) is 0 Å². The van der Waals surface area contributed by atoms with Gasteiger partial charge in [0.05, 0.1) is 5.69 Å². The summed E-state index contributed by atoms with van der Waals surface area (Å²) < 4.78 is 0. The Kier molecular flexibility index (Phi) is 11.9. The van der Waals surface area contributed by atoms with E-state index >= 15 is 0 Å². The lowest BCUT2D eigenvalue weighted by molar-refractivity contribution is 0.0863. The predicted octanol–water partition coefficient (Wildman–Crippen LogP) is 10.2. The highest BCUT2D eigenvalue weighted by atomic mass is 35.5. The third kappa shape index (κ3) is 8.48. The molecule has 3 aromatic carbocycles. The van der Waals surface area contributed by atoms with E-state index < -0.39 is 0 Å². The molecule has 0 aliphatic rings. The van der Waals surface area contributed by atoms with Gasteiger partial charge in [0, 0.05) is 33.7 Å². The van der Waals surface area contributed by atoms with Crippen LogP contribution in [-0.4, -0.2) is 17.3 Å². The van der Waals surface area contributed by atoms with Crippen molar-refractivity contribution in [3.8, 4) is 0 Å². The zero-order valence-corrected chi connectivity index (χ0v) is 25.7. The average Bonchev–Trinajstić information content (AvgIpc) is 2.92. The molecular formula is C36H44ClNO2. The smallest absolute Gasteiger partial charge is 0.166 e. The largest absolute Gasteiger partial charge is 0.294 e. The third-order valence-electron chi connectivity index (χ3n) is 7.76. The first-order valence-corrected chi connectivity index (χ1v) is 15.0. The van der Waals surface area contributed by atoms with Crippen LogP contribution in [0.15, 0.2) is 77.8 Å². The standard InChI is InChI=1S/C36H44ClNO2/c1-7-8-10-15-32(36(40)29-18-16-25(4)17-19-29)34(24(2)3)35(26(5)22-28-13-11-9-12-14-28)38-33-23-30(37)20-21-31(33)27(6)39/h9,11-14,16-21,23-24,26,32,34H,7-8,10,15,22H2,1-6H3. The molecular weight excluding hydrogens is 514 g/mol. The van der Waals surface area contributed by atoms with Crippen molar-refractivity contribution in [3.63, 3.8) is 0 Å². The monoisotopic (exact) mass is 557 g/mol. The van der Waals surface area contributed by atoms with Gasteiger partial charge >= 0.3 is 0 Å². The number of halogens is 1. The van der Waals surface area contributed by atoms with Gasteiger partial charge in [0.25, 0.3) is 0 Å². The van der Waals surface area contributed by atoms with Gasteiger partial charge in [-0.1, -0.05) is 119 Å². The van der Waals surface area contributed by atoms with Crippen molar-refractivity contribution in [1.82, 2.24) is 0 Å². The van der Waals surface area contributed by atoms with Crippen LogP contribution in [0.5, 0.6) is 0 Å². The number of carbonyl (C=O) groups excluding carboxylic acids is 2. The van der Waals surface area contributed by atoms with Gasteiger partial charge in [-0.05, 0) is 62.3 Å². The number of unbranched alkanes of at least 4 members (excludes halogenated alkanes) is 2. The summed E-state index contributed by atoms with van der Waals surface area (Å²) >= 11 is 6.41. The minimum Gasteiger partial charge on any atom is -0.294 e. The Morgan fingerprint density at radius 1 is 0.900 bits per heavy atom. The second-order valence-corrected chi connectivity index (χ2v) is 11.9. The highest BCUT2D eigenvalue weighted by molar-refractivity contribution is 6.31. The fraction of sp³-hybridized carbons (Fsp3) is 0.417. The number of carbonyl (C=O) groups is 2. The lowest BCUT2D eigenvalue weighted by atomic mass is 9.70. The summed E-state index contributed by atoms with van der Waals surface area (Å²) in [7, 11) is 0. The first-order valence-electron chi connectivity index (χ1n) is 14.7. The predicted molar refractivity (Wildman–Crippen MR) is 169 cm³/mol. The van der Waals surface area contributed by atoms with Crippen molar-refractivity contribution in [2.24, 2.45) is 28.7 Å². The Hall–Kier alpha value is -3.04. The molecule has 40 heavy (non-hydrogen) atoms. The molecule has 0 saturated heterocycles. The summed E-state index contributed by atoms with van der Waals surface area (Å²) in [6.07, 6.45) is 4.75. The number of ketones is 2. The van der Waals surface area contributed by atoms with Gasteiger partial charge in [-0.3, -0.25) is 14.6 Å². The molecule has 0 spiro atoms. The fourth-order valence-electron chi connectivity index (χ4n) is 5.65. The van der Waals surface area contributed by atoms with Crippen LogP contribution in [-0.2, 0) is 6.42 Å².